The standard InChI is InChI=1S/C18H21NO.ClH/c19-17-11-14(12-18(17)20)10-13-6-8-16(9-7-13)15-4-2-1-3-5-15;/h1-9,14,17-18,20H,10-12,19H2;1H/t14-,17+,18+;/m0./s1. The summed E-state index contributed by atoms with van der Waals surface area (Å²) in [5.74, 6) is 0.516. The minimum Gasteiger partial charge on any atom is -0.392 e. The largest absolute Gasteiger partial charge is 0.392 e. The molecule has 2 nitrogen and oxygen atoms in total. The molecule has 3 heteroatoms. The van der Waals surface area contributed by atoms with E-state index in [1.807, 2.05) is 6.07 Å². The van der Waals surface area contributed by atoms with Crippen molar-refractivity contribution in [2.75, 3.05) is 0 Å². The zero-order valence-corrected chi connectivity index (χ0v) is 12.8. The number of aliphatic hydroxyl groups is 1. The van der Waals surface area contributed by atoms with E-state index in [2.05, 4.69) is 48.5 Å². The molecule has 1 fully saturated rings. The van der Waals surface area contributed by atoms with Crippen molar-refractivity contribution in [3.05, 3.63) is 60.2 Å². The Hall–Kier alpha value is -1.35. The molecule has 2 aromatic carbocycles. The molecule has 0 saturated heterocycles. The first-order chi connectivity index (χ1) is 9.72. The summed E-state index contributed by atoms with van der Waals surface area (Å²) in [7, 11) is 0. The predicted molar refractivity (Wildman–Crippen MR) is 89.5 cm³/mol. The highest BCUT2D eigenvalue weighted by Crippen LogP contribution is 2.28. The van der Waals surface area contributed by atoms with Gasteiger partial charge in [0.2, 0.25) is 0 Å². The fraction of sp³-hybridized carbons (Fsp3) is 0.333. The molecule has 0 spiro atoms. The van der Waals surface area contributed by atoms with Crippen molar-refractivity contribution in [1.82, 2.24) is 0 Å². The van der Waals surface area contributed by atoms with Gasteiger partial charge >= 0.3 is 0 Å². The highest BCUT2D eigenvalue weighted by Gasteiger charge is 2.29. The molecule has 3 rings (SSSR count). The zero-order valence-electron chi connectivity index (χ0n) is 12.0. The van der Waals surface area contributed by atoms with Gasteiger partial charge in [-0.05, 0) is 41.9 Å². The monoisotopic (exact) mass is 303 g/mol. The second-order valence-corrected chi connectivity index (χ2v) is 5.84. The Balaban J connectivity index is 0.00000161. The van der Waals surface area contributed by atoms with Gasteiger partial charge in [-0.15, -0.1) is 12.4 Å². The van der Waals surface area contributed by atoms with Gasteiger partial charge in [0, 0.05) is 6.04 Å². The molecule has 21 heavy (non-hydrogen) atoms. The van der Waals surface area contributed by atoms with E-state index in [9.17, 15) is 5.11 Å². The van der Waals surface area contributed by atoms with Crippen LogP contribution in [0, 0.1) is 5.92 Å². The SMILES string of the molecule is Cl.N[C@@H]1C[C@H](Cc2ccc(-c3ccccc3)cc2)C[C@H]1O. The first kappa shape index (κ1) is 16.0. The maximum absolute atomic E-state index is 9.71. The quantitative estimate of drug-likeness (QED) is 0.912. The van der Waals surface area contributed by atoms with E-state index in [1.54, 1.807) is 0 Å². The van der Waals surface area contributed by atoms with Crippen molar-refractivity contribution in [2.24, 2.45) is 11.7 Å². The minimum atomic E-state index is -0.316. The molecule has 3 N–H and O–H groups in total. The van der Waals surface area contributed by atoms with Gasteiger partial charge < -0.3 is 10.8 Å². The smallest absolute Gasteiger partial charge is 0.0693 e. The minimum absolute atomic E-state index is 0. The van der Waals surface area contributed by atoms with E-state index in [4.69, 9.17) is 5.73 Å². The highest BCUT2D eigenvalue weighted by atomic mass is 35.5. The first-order valence-electron chi connectivity index (χ1n) is 7.30. The van der Waals surface area contributed by atoms with E-state index in [-0.39, 0.29) is 24.6 Å². The highest BCUT2D eigenvalue weighted by molar-refractivity contribution is 5.85. The summed E-state index contributed by atoms with van der Waals surface area (Å²) in [5.41, 5.74) is 9.70. The molecule has 0 radical (unpaired) electrons. The number of benzene rings is 2. The van der Waals surface area contributed by atoms with E-state index >= 15 is 0 Å². The van der Waals surface area contributed by atoms with Crippen LogP contribution in [0.5, 0.6) is 0 Å². The van der Waals surface area contributed by atoms with Crippen molar-refractivity contribution in [2.45, 2.75) is 31.4 Å². The first-order valence-corrected chi connectivity index (χ1v) is 7.30. The molecule has 0 amide bonds. The van der Waals surface area contributed by atoms with Crippen molar-refractivity contribution in [3.63, 3.8) is 0 Å². The van der Waals surface area contributed by atoms with Gasteiger partial charge in [0.15, 0.2) is 0 Å². The lowest BCUT2D eigenvalue weighted by Gasteiger charge is -2.10. The van der Waals surface area contributed by atoms with Crippen LogP contribution in [-0.4, -0.2) is 17.3 Å². The fourth-order valence-corrected chi connectivity index (χ4v) is 3.12. The van der Waals surface area contributed by atoms with Crippen LogP contribution in [0.1, 0.15) is 18.4 Å². The Bertz CT molecular complexity index is 545. The van der Waals surface area contributed by atoms with Crippen LogP contribution < -0.4 is 5.73 Å². The van der Waals surface area contributed by atoms with Gasteiger partial charge in [-0.2, -0.15) is 0 Å². The third-order valence-electron chi connectivity index (χ3n) is 4.26. The molecular formula is C18H22ClNO. The Labute approximate surface area is 132 Å². The molecule has 3 atom stereocenters. The van der Waals surface area contributed by atoms with Crippen LogP contribution >= 0.6 is 12.4 Å². The van der Waals surface area contributed by atoms with Gasteiger partial charge in [0.05, 0.1) is 6.10 Å². The molecular weight excluding hydrogens is 282 g/mol. The molecule has 0 aliphatic heterocycles. The molecule has 112 valence electrons. The summed E-state index contributed by atoms with van der Waals surface area (Å²) in [4.78, 5) is 0. The second kappa shape index (κ2) is 7.08. The third kappa shape index (κ3) is 3.85. The third-order valence-corrected chi connectivity index (χ3v) is 4.26. The number of hydrogen-bond donors (Lipinski definition) is 2. The molecule has 2 aromatic rings. The summed E-state index contributed by atoms with van der Waals surface area (Å²) in [5, 5.41) is 9.71. The lowest BCUT2D eigenvalue weighted by molar-refractivity contribution is 0.161. The molecule has 0 unspecified atom stereocenters. The summed E-state index contributed by atoms with van der Waals surface area (Å²) in [6.07, 6.45) is 2.46. The van der Waals surface area contributed by atoms with Crippen molar-refractivity contribution in [3.8, 4) is 11.1 Å². The normalized spacial score (nSPS) is 24.6. The van der Waals surface area contributed by atoms with E-state index in [1.165, 1.54) is 16.7 Å². The fourth-order valence-electron chi connectivity index (χ4n) is 3.12. The van der Waals surface area contributed by atoms with Crippen molar-refractivity contribution >= 4 is 12.4 Å². The van der Waals surface area contributed by atoms with Crippen LogP contribution in [0.25, 0.3) is 11.1 Å². The van der Waals surface area contributed by atoms with Crippen LogP contribution in [0.15, 0.2) is 54.6 Å². The lowest BCUT2D eigenvalue weighted by atomic mass is 9.96. The van der Waals surface area contributed by atoms with Gasteiger partial charge in [-0.1, -0.05) is 54.6 Å². The predicted octanol–water partition coefficient (Wildman–Crippen LogP) is 3.42. The molecule has 1 saturated carbocycles. The summed E-state index contributed by atoms with van der Waals surface area (Å²) in [6.45, 7) is 0. The Morgan fingerprint density at radius 2 is 1.52 bits per heavy atom. The number of halogens is 1. The van der Waals surface area contributed by atoms with Crippen LogP contribution in [0.2, 0.25) is 0 Å². The van der Waals surface area contributed by atoms with Crippen LogP contribution in [0.3, 0.4) is 0 Å². The Morgan fingerprint density at radius 1 is 0.905 bits per heavy atom. The lowest BCUT2D eigenvalue weighted by Crippen LogP contribution is -2.28. The summed E-state index contributed by atoms with van der Waals surface area (Å²) in [6, 6.07) is 19.1. The average Bonchev–Trinajstić information content (AvgIpc) is 2.79. The van der Waals surface area contributed by atoms with E-state index in [0.717, 1.165) is 19.3 Å². The summed E-state index contributed by atoms with van der Waals surface area (Å²) >= 11 is 0. The molecule has 0 bridgehead atoms. The van der Waals surface area contributed by atoms with Gasteiger partial charge in [-0.25, -0.2) is 0 Å². The molecule has 1 aliphatic carbocycles. The second-order valence-electron chi connectivity index (χ2n) is 5.84. The number of rotatable bonds is 3. The topological polar surface area (TPSA) is 46.2 Å². The molecule has 0 heterocycles. The van der Waals surface area contributed by atoms with Crippen molar-refractivity contribution in [1.29, 1.82) is 0 Å². The number of nitrogens with two attached hydrogens (primary N) is 1. The summed E-state index contributed by atoms with van der Waals surface area (Å²) < 4.78 is 0. The van der Waals surface area contributed by atoms with E-state index < -0.39 is 0 Å². The van der Waals surface area contributed by atoms with E-state index in [0.29, 0.717) is 5.92 Å². The zero-order chi connectivity index (χ0) is 13.9. The van der Waals surface area contributed by atoms with Gasteiger partial charge in [-0.3, -0.25) is 0 Å². The van der Waals surface area contributed by atoms with Crippen LogP contribution in [-0.2, 0) is 6.42 Å². The maximum atomic E-state index is 9.71. The Morgan fingerprint density at radius 3 is 2.10 bits per heavy atom. The van der Waals surface area contributed by atoms with Crippen LogP contribution in [0.4, 0.5) is 0 Å². The average molecular weight is 304 g/mol. The van der Waals surface area contributed by atoms with Gasteiger partial charge in [0.1, 0.15) is 0 Å². The maximum Gasteiger partial charge on any atom is 0.0693 e. The Kier molecular flexibility index (Phi) is 5.40. The molecule has 1 aliphatic rings. The van der Waals surface area contributed by atoms with Gasteiger partial charge in [0.25, 0.3) is 0 Å². The number of hydrogen-bond acceptors (Lipinski definition) is 2. The number of aliphatic hydroxyl groups excluding tert-OH is 1. The van der Waals surface area contributed by atoms with Crippen molar-refractivity contribution < 1.29 is 5.11 Å². The molecule has 0 aromatic heterocycles.